The Balaban J connectivity index is 1.98. The van der Waals surface area contributed by atoms with Gasteiger partial charge in [0.25, 0.3) is 0 Å². The van der Waals surface area contributed by atoms with Crippen molar-refractivity contribution in [1.29, 1.82) is 0 Å². The Morgan fingerprint density at radius 2 is 2.30 bits per heavy atom. The monoisotopic (exact) mass is 333 g/mol. The lowest BCUT2D eigenvalue weighted by Crippen LogP contribution is -2.49. The van der Waals surface area contributed by atoms with Crippen LogP contribution in [0, 0.1) is 0 Å². The van der Waals surface area contributed by atoms with E-state index in [0.717, 1.165) is 27.9 Å². The van der Waals surface area contributed by atoms with Crippen LogP contribution in [0.2, 0.25) is 0 Å². The van der Waals surface area contributed by atoms with E-state index in [9.17, 15) is 4.79 Å². The first-order valence-corrected chi connectivity index (χ1v) is 9.46. The molecule has 0 aromatic carbocycles. The molecule has 1 fully saturated rings. The fourth-order valence-electron chi connectivity index (χ4n) is 2.35. The second kappa shape index (κ2) is 7.11. The molecule has 1 aliphatic carbocycles. The average Bonchev–Trinajstić information content (AvgIpc) is 3.07. The number of hydrogen-bond donors (Lipinski definition) is 1. The van der Waals surface area contributed by atoms with Gasteiger partial charge in [-0.05, 0) is 39.5 Å². The average molecular weight is 334 g/mol. The molecule has 2 rings (SSSR count). The van der Waals surface area contributed by atoms with E-state index in [1.807, 2.05) is 20.2 Å². The summed E-state index contributed by atoms with van der Waals surface area (Å²) in [6, 6.07) is 0. The quantitative estimate of drug-likeness (QED) is 0.633. The minimum absolute atomic E-state index is 0.132. The lowest BCUT2D eigenvalue weighted by atomic mass is 9.98. The van der Waals surface area contributed by atoms with Crippen LogP contribution < -0.4 is 5.32 Å². The molecule has 0 bridgehead atoms. The van der Waals surface area contributed by atoms with Crippen LogP contribution in [0.15, 0.2) is 8.68 Å². The number of aromatic nitrogens is 2. The van der Waals surface area contributed by atoms with Gasteiger partial charge in [-0.15, -0.1) is 10.2 Å². The number of nitrogens with zero attached hydrogens (tertiary/aromatic N) is 2. The van der Waals surface area contributed by atoms with E-state index in [4.69, 9.17) is 4.74 Å². The number of rotatable bonds is 6. The Morgan fingerprint density at radius 1 is 1.55 bits per heavy atom. The molecule has 0 saturated heterocycles. The summed E-state index contributed by atoms with van der Waals surface area (Å²) in [4.78, 5) is 12.1. The van der Waals surface area contributed by atoms with Crippen molar-refractivity contribution in [3.63, 3.8) is 0 Å². The number of thioether (sulfide) groups is 2. The molecule has 0 spiro atoms. The zero-order valence-electron chi connectivity index (χ0n) is 11.8. The van der Waals surface area contributed by atoms with Crippen molar-refractivity contribution in [3.8, 4) is 0 Å². The van der Waals surface area contributed by atoms with Crippen molar-refractivity contribution in [2.24, 2.45) is 0 Å². The zero-order valence-corrected chi connectivity index (χ0v) is 14.3. The van der Waals surface area contributed by atoms with Crippen molar-refractivity contribution >= 4 is 40.8 Å². The number of carbonyl (C=O) groups is 1. The SMILES string of the molecule is CCOC(=O)C1(NC)CCC(Sc2nnc(SC)s2)C1. The number of carbonyl (C=O) groups excluding carboxylic acids is 1. The van der Waals surface area contributed by atoms with E-state index in [-0.39, 0.29) is 5.97 Å². The minimum atomic E-state index is -0.527. The fraction of sp³-hybridized carbons (Fsp3) is 0.750. The Kier molecular flexibility index (Phi) is 5.71. The number of likely N-dealkylation sites (N-methyl/N-ethyl adjacent to an activating group) is 1. The molecule has 0 aliphatic heterocycles. The molecule has 1 saturated carbocycles. The van der Waals surface area contributed by atoms with Gasteiger partial charge in [0, 0.05) is 5.25 Å². The lowest BCUT2D eigenvalue weighted by Gasteiger charge is -2.26. The van der Waals surface area contributed by atoms with Crippen molar-refractivity contribution in [2.75, 3.05) is 19.9 Å². The molecule has 1 aromatic rings. The van der Waals surface area contributed by atoms with E-state index in [2.05, 4.69) is 15.5 Å². The summed E-state index contributed by atoms with van der Waals surface area (Å²) in [5, 5.41) is 11.8. The van der Waals surface area contributed by atoms with Gasteiger partial charge in [-0.2, -0.15) is 0 Å². The second-order valence-electron chi connectivity index (χ2n) is 4.57. The highest BCUT2D eigenvalue weighted by Crippen LogP contribution is 2.42. The van der Waals surface area contributed by atoms with Crippen LogP contribution in [0.4, 0.5) is 0 Å². The van der Waals surface area contributed by atoms with Gasteiger partial charge in [-0.25, -0.2) is 0 Å². The van der Waals surface area contributed by atoms with Gasteiger partial charge < -0.3 is 10.1 Å². The third kappa shape index (κ3) is 3.47. The molecule has 5 nitrogen and oxygen atoms in total. The minimum Gasteiger partial charge on any atom is -0.465 e. The summed E-state index contributed by atoms with van der Waals surface area (Å²) >= 11 is 4.95. The molecule has 112 valence electrons. The smallest absolute Gasteiger partial charge is 0.326 e. The summed E-state index contributed by atoms with van der Waals surface area (Å²) in [6.45, 7) is 2.27. The molecule has 1 aliphatic rings. The van der Waals surface area contributed by atoms with Crippen LogP contribution >= 0.6 is 34.9 Å². The van der Waals surface area contributed by atoms with Crippen LogP contribution in [0.25, 0.3) is 0 Å². The molecule has 0 amide bonds. The number of esters is 1. The molecule has 8 heteroatoms. The van der Waals surface area contributed by atoms with E-state index in [1.54, 1.807) is 34.9 Å². The zero-order chi connectivity index (χ0) is 14.6. The van der Waals surface area contributed by atoms with Crippen molar-refractivity contribution in [3.05, 3.63) is 0 Å². The Labute approximate surface area is 131 Å². The highest BCUT2D eigenvalue weighted by molar-refractivity contribution is 8.03. The van der Waals surface area contributed by atoms with Crippen LogP contribution in [0.5, 0.6) is 0 Å². The van der Waals surface area contributed by atoms with Crippen LogP contribution in [0.3, 0.4) is 0 Å². The highest BCUT2D eigenvalue weighted by atomic mass is 32.2. The second-order valence-corrected chi connectivity index (χ2v) is 8.15. The van der Waals surface area contributed by atoms with E-state index < -0.39 is 5.54 Å². The third-order valence-electron chi connectivity index (χ3n) is 3.44. The summed E-state index contributed by atoms with van der Waals surface area (Å²) in [5.74, 6) is -0.132. The first-order chi connectivity index (χ1) is 9.63. The number of ether oxygens (including phenoxy) is 1. The predicted octanol–water partition coefficient (Wildman–Crippen LogP) is 2.43. The molecular formula is C12H19N3O2S3. The first-order valence-electron chi connectivity index (χ1n) is 6.54. The Morgan fingerprint density at radius 3 is 2.90 bits per heavy atom. The van der Waals surface area contributed by atoms with Gasteiger partial charge in [-0.3, -0.25) is 4.79 Å². The maximum absolute atomic E-state index is 12.1. The van der Waals surface area contributed by atoms with E-state index >= 15 is 0 Å². The van der Waals surface area contributed by atoms with Gasteiger partial charge >= 0.3 is 5.97 Å². The maximum Gasteiger partial charge on any atom is 0.326 e. The normalized spacial score (nSPS) is 25.9. The van der Waals surface area contributed by atoms with E-state index in [0.29, 0.717) is 11.9 Å². The number of nitrogens with one attached hydrogen (secondary N) is 1. The first kappa shape index (κ1) is 16.1. The van der Waals surface area contributed by atoms with Crippen molar-refractivity contribution < 1.29 is 9.53 Å². The third-order valence-corrected chi connectivity index (χ3v) is 6.70. The van der Waals surface area contributed by atoms with Crippen LogP contribution in [0.1, 0.15) is 26.2 Å². The molecule has 0 radical (unpaired) electrons. The number of hydrogen-bond acceptors (Lipinski definition) is 8. The molecule has 1 aromatic heterocycles. The molecule has 2 unspecified atom stereocenters. The summed E-state index contributed by atoms with van der Waals surface area (Å²) in [5.41, 5.74) is -0.527. The van der Waals surface area contributed by atoms with Gasteiger partial charge in [0.1, 0.15) is 5.54 Å². The summed E-state index contributed by atoms with van der Waals surface area (Å²) in [7, 11) is 1.83. The lowest BCUT2D eigenvalue weighted by molar-refractivity contribution is -0.150. The van der Waals surface area contributed by atoms with E-state index in [1.165, 1.54) is 0 Å². The summed E-state index contributed by atoms with van der Waals surface area (Å²) in [6.07, 6.45) is 4.57. The predicted molar refractivity (Wildman–Crippen MR) is 83.6 cm³/mol. The standard InChI is InChI=1S/C12H19N3O2S3/c1-4-17-9(16)12(13-2)6-5-8(7-12)19-11-15-14-10(18-3)20-11/h8,13H,4-7H2,1-3H3. The van der Waals surface area contributed by atoms with Crippen LogP contribution in [-0.4, -0.2) is 46.9 Å². The van der Waals surface area contributed by atoms with Crippen molar-refractivity contribution in [2.45, 2.75) is 45.7 Å². The van der Waals surface area contributed by atoms with Gasteiger partial charge in [-0.1, -0.05) is 34.9 Å². The molecule has 2 atom stereocenters. The largest absolute Gasteiger partial charge is 0.465 e. The summed E-state index contributed by atoms with van der Waals surface area (Å²) < 4.78 is 7.16. The van der Waals surface area contributed by atoms with Crippen molar-refractivity contribution in [1.82, 2.24) is 15.5 Å². The Hall–Kier alpha value is -0.310. The van der Waals surface area contributed by atoms with Gasteiger partial charge in [0.2, 0.25) is 0 Å². The fourth-order valence-corrected chi connectivity index (χ4v) is 5.33. The topological polar surface area (TPSA) is 64.1 Å². The van der Waals surface area contributed by atoms with Gasteiger partial charge in [0.05, 0.1) is 6.61 Å². The Bertz CT molecular complexity index is 469. The molecule has 1 heterocycles. The van der Waals surface area contributed by atoms with Crippen LogP contribution in [-0.2, 0) is 9.53 Å². The van der Waals surface area contributed by atoms with Gasteiger partial charge in [0.15, 0.2) is 8.68 Å². The molecule has 20 heavy (non-hydrogen) atoms. The highest BCUT2D eigenvalue weighted by Gasteiger charge is 2.45. The molecule has 1 N–H and O–H groups in total. The maximum atomic E-state index is 12.1. The molecular weight excluding hydrogens is 314 g/mol.